The van der Waals surface area contributed by atoms with Crippen molar-refractivity contribution in [2.45, 2.75) is 63.7 Å². The summed E-state index contributed by atoms with van der Waals surface area (Å²) in [5.74, 6) is 0.607. The SMILES string of the molecule is COC1CCC(OC(=O)c2nc(-c3ccccc3)n3c2CCCCC3)C1. The molecule has 1 aliphatic carbocycles. The van der Waals surface area contributed by atoms with Gasteiger partial charge in [-0.1, -0.05) is 36.8 Å². The van der Waals surface area contributed by atoms with E-state index in [1.54, 1.807) is 7.11 Å². The minimum absolute atomic E-state index is 0.0595. The minimum atomic E-state index is -0.278. The number of carbonyl (C=O) groups excluding carboxylic acids is 1. The number of esters is 1. The number of benzene rings is 1. The standard InChI is InChI=1S/C21H26N2O3/c1-25-16-11-12-17(14-16)26-21(24)19-18-10-6-3-7-13-23(18)20(22-19)15-8-4-2-5-9-15/h2,4-5,8-9,16-17H,3,6-7,10-14H2,1H3. The normalized spacial score (nSPS) is 22.7. The Hall–Kier alpha value is -2.14. The molecule has 26 heavy (non-hydrogen) atoms. The highest BCUT2D eigenvalue weighted by atomic mass is 16.5. The summed E-state index contributed by atoms with van der Waals surface area (Å²) < 4.78 is 13.4. The maximum atomic E-state index is 12.9. The zero-order valence-electron chi connectivity index (χ0n) is 15.3. The Labute approximate surface area is 154 Å². The van der Waals surface area contributed by atoms with E-state index in [4.69, 9.17) is 14.5 Å². The Morgan fingerprint density at radius 2 is 1.92 bits per heavy atom. The molecule has 138 valence electrons. The van der Waals surface area contributed by atoms with E-state index in [0.29, 0.717) is 5.69 Å². The van der Waals surface area contributed by atoms with Crippen LogP contribution in [-0.2, 0) is 22.4 Å². The van der Waals surface area contributed by atoms with Gasteiger partial charge in [0.1, 0.15) is 11.9 Å². The monoisotopic (exact) mass is 354 g/mol. The second-order valence-electron chi connectivity index (χ2n) is 7.26. The number of methoxy groups -OCH3 is 1. The Bertz CT molecular complexity index is 769. The fraction of sp³-hybridized carbons (Fsp3) is 0.524. The average molecular weight is 354 g/mol. The molecule has 5 heteroatoms. The quantitative estimate of drug-likeness (QED) is 0.779. The maximum Gasteiger partial charge on any atom is 0.359 e. The van der Waals surface area contributed by atoms with Crippen LogP contribution in [0.3, 0.4) is 0 Å². The average Bonchev–Trinajstić information content (AvgIpc) is 3.19. The maximum absolute atomic E-state index is 12.9. The van der Waals surface area contributed by atoms with E-state index >= 15 is 0 Å². The number of aromatic nitrogens is 2. The number of carbonyl (C=O) groups is 1. The second kappa shape index (κ2) is 7.62. The number of fused-ring (bicyclic) bond motifs is 1. The predicted octanol–water partition coefficient (Wildman–Crippen LogP) is 4.00. The van der Waals surface area contributed by atoms with Gasteiger partial charge in [0.05, 0.1) is 11.8 Å². The van der Waals surface area contributed by atoms with Crippen LogP contribution in [0.2, 0.25) is 0 Å². The van der Waals surface area contributed by atoms with Gasteiger partial charge in [0.25, 0.3) is 0 Å². The van der Waals surface area contributed by atoms with Gasteiger partial charge in [-0.25, -0.2) is 9.78 Å². The molecule has 0 bridgehead atoms. The molecule has 2 heterocycles. The van der Waals surface area contributed by atoms with E-state index in [0.717, 1.165) is 62.2 Å². The Balaban J connectivity index is 1.63. The molecular formula is C21H26N2O3. The highest BCUT2D eigenvalue weighted by molar-refractivity contribution is 5.90. The number of ether oxygens (including phenoxy) is 2. The van der Waals surface area contributed by atoms with Crippen LogP contribution >= 0.6 is 0 Å². The number of imidazole rings is 1. The molecule has 2 atom stereocenters. The van der Waals surface area contributed by atoms with Gasteiger partial charge < -0.3 is 14.0 Å². The summed E-state index contributed by atoms with van der Waals surface area (Å²) in [5, 5.41) is 0. The van der Waals surface area contributed by atoms with Crippen molar-refractivity contribution in [3.63, 3.8) is 0 Å². The fourth-order valence-corrected chi connectivity index (χ4v) is 4.12. The second-order valence-corrected chi connectivity index (χ2v) is 7.26. The summed E-state index contributed by atoms with van der Waals surface area (Å²) in [6.45, 7) is 0.912. The van der Waals surface area contributed by atoms with Gasteiger partial charge in [0.15, 0.2) is 5.69 Å². The van der Waals surface area contributed by atoms with Crippen LogP contribution in [0.15, 0.2) is 30.3 Å². The molecule has 0 amide bonds. The first-order chi connectivity index (χ1) is 12.8. The number of rotatable bonds is 4. The molecule has 1 aliphatic heterocycles. The van der Waals surface area contributed by atoms with Crippen LogP contribution in [0.5, 0.6) is 0 Å². The van der Waals surface area contributed by atoms with Gasteiger partial charge in [0.2, 0.25) is 0 Å². The van der Waals surface area contributed by atoms with Crippen LogP contribution < -0.4 is 0 Å². The summed E-state index contributed by atoms with van der Waals surface area (Å²) in [7, 11) is 1.72. The van der Waals surface area contributed by atoms with Crippen LogP contribution in [0.1, 0.15) is 54.7 Å². The summed E-state index contributed by atoms with van der Waals surface area (Å²) in [6.07, 6.45) is 7.02. The summed E-state index contributed by atoms with van der Waals surface area (Å²) in [4.78, 5) is 17.6. The van der Waals surface area contributed by atoms with Crippen LogP contribution in [0.25, 0.3) is 11.4 Å². The molecule has 2 unspecified atom stereocenters. The first-order valence-electron chi connectivity index (χ1n) is 9.65. The molecule has 0 N–H and O–H groups in total. The highest BCUT2D eigenvalue weighted by Gasteiger charge is 2.31. The third kappa shape index (κ3) is 3.40. The zero-order chi connectivity index (χ0) is 17.9. The lowest BCUT2D eigenvalue weighted by atomic mass is 10.1. The summed E-state index contributed by atoms with van der Waals surface area (Å²) in [5.41, 5.74) is 2.59. The molecule has 1 fully saturated rings. The van der Waals surface area contributed by atoms with Crippen molar-refractivity contribution in [3.8, 4) is 11.4 Å². The van der Waals surface area contributed by atoms with Crippen molar-refractivity contribution in [1.82, 2.24) is 9.55 Å². The fourth-order valence-electron chi connectivity index (χ4n) is 4.12. The molecule has 2 aromatic rings. The summed E-state index contributed by atoms with van der Waals surface area (Å²) >= 11 is 0. The molecule has 1 aromatic heterocycles. The van der Waals surface area contributed by atoms with Gasteiger partial charge in [-0.05, 0) is 32.1 Å². The molecule has 0 radical (unpaired) electrons. The Kier molecular flexibility index (Phi) is 5.07. The predicted molar refractivity (Wildman–Crippen MR) is 99.1 cm³/mol. The molecular weight excluding hydrogens is 328 g/mol. The van der Waals surface area contributed by atoms with Crippen molar-refractivity contribution in [1.29, 1.82) is 0 Å². The van der Waals surface area contributed by atoms with Gasteiger partial charge in [-0.15, -0.1) is 0 Å². The van der Waals surface area contributed by atoms with E-state index in [2.05, 4.69) is 16.7 Å². The van der Waals surface area contributed by atoms with Crippen molar-refractivity contribution in [2.75, 3.05) is 7.11 Å². The highest BCUT2D eigenvalue weighted by Crippen LogP contribution is 2.29. The van der Waals surface area contributed by atoms with Gasteiger partial charge in [-0.2, -0.15) is 0 Å². The largest absolute Gasteiger partial charge is 0.458 e. The lowest BCUT2D eigenvalue weighted by Gasteiger charge is -2.12. The first kappa shape index (κ1) is 17.3. The van der Waals surface area contributed by atoms with Gasteiger partial charge in [-0.3, -0.25) is 0 Å². The third-order valence-electron chi connectivity index (χ3n) is 5.54. The van der Waals surface area contributed by atoms with Gasteiger partial charge >= 0.3 is 5.97 Å². The molecule has 5 nitrogen and oxygen atoms in total. The van der Waals surface area contributed by atoms with Crippen LogP contribution in [0, 0.1) is 0 Å². The lowest BCUT2D eigenvalue weighted by Crippen LogP contribution is -2.18. The molecule has 4 rings (SSSR count). The first-order valence-corrected chi connectivity index (χ1v) is 9.65. The molecule has 2 aliphatic rings. The molecule has 0 saturated heterocycles. The molecule has 1 saturated carbocycles. The van der Waals surface area contributed by atoms with E-state index in [-0.39, 0.29) is 18.2 Å². The van der Waals surface area contributed by atoms with E-state index < -0.39 is 0 Å². The summed E-state index contributed by atoms with van der Waals surface area (Å²) in [6, 6.07) is 10.1. The Morgan fingerprint density at radius 1 is 1.12 bits per heavy atom. The van der Waals surface area contributed by atoms with E-state index in [1.165, 1.54) is 6.42 Å². The van der Waals surface area contributed by atoms with E-state index in [1.807, 2.05) is 18.2 Å². The van der Waals surface area contributed by atoms with Crippen LogP contribution in [-0.4, -0.2) is 34.8 Å². The number of hydrogen-bond acceptors (Lipinski definition) is 4. The smallest absolute Gasteiger partial charge is 0.359 e. The van der Waals surface area contributed by atoms with Gasteiger partial charge in [0, 0.05) is 25.6 Å². The van der Waals surface area contributed by atoms with Crippen molar-refractivity contribution < 1.29 is 14.3 Å². The van der Waals surface area contributed by atoms with Crippen molar-refractivity contribution in [3.05, 3.63) is 41.7 Å². The third-order valence-corrected chi connectivity index (χ3v) is 5.54. The molecule has 1 aromatic carbocycles. The molecule has 0 spiro atoms. The Morgan fingerprint density at radius 3 is 2.69 bits per heavy atom. The van der Waals surface area contributed by atoms with Crippen LogP contribution in [0.4, 0.5) is 0 Å². The minimum Gasteiger partial charge on any atom is -0.458 e. The van der Waals surface area contributed by atoms with E-state index in [9.17, 15) is 4.79 Å². The zero-order valence-corrected chi connectivity index (χ0v) is 15.3. The van der Waals surface area contributed by atoms with Crippen molar-refractivity contribution in [2.24, 2.45) is 0 Å². The lowest BCUT2D eigenvalue weighted by molar-refractivity contribution is 0.0253. The topological polar surface area (TPSA) is 53.4 Å². The number of nitrogens with zero attached hydrogens (tertiary/aromatic N) is 2. The van der Waals surface area contributed by atoms with Crippen molar-refractivity contribution >= 4 is 5.97 Å². The number of hydrogen-bond donors (Lipinski definition) is 0.